The fraction of sp³-hybridized carbons (Fsp3) is 0.143. The average molecular weight is 514 g/mol. The van der Waals surface area contributed by atoms with Crippen LogP contribution in [0.25, 0.3) is 11.8 Å². The van der Waals surface area contributed by atoms with Gasteiger partial charge in [-0.3, -0.25) is 14.3 Å². The molecule has 0 fully saturated rings. The second kappa shape index (κ2) is 10.5. The molecule has 0 saturated carbocycles. The Morgan fingerprint density at radius 1 is 1.08 bits per heavy atom. The number of thioether (sulfide) groups is 1. The molecule has 36 heavy (non-hydrogen) atoms. The summed E-state index contributed by atoms with van der Waals surface area (Å²) in [6.07, 6.45) is 7.21. The summed E-state index contributed by atoms with van der Waals surface area (Å²) < 4.78 is 7.65. The highest BCUT2D eigenvalue weighted by Crippen LogP contribution is 2.35. The van der Waals surface area contributed by atoms with Crippen molar-refractivity contribution < 1.29 is 9.53 Å². The molecule has 180 valence electrons. The van der Waals surface area contributed by atoms with E-state index in [9.17, 15) is 9.59 Å². The van der Waals surface area contributed by atoms with Gasteiger partial charge in [-0.25, -0.2) is 9.79 Å². The molecule has 6 nitrogen and oxygen atoms in total. The minimum absolute atomic E-state index is 0.205. The molecule has 8 heteroatoms. The lowest BCUT2D eigenvalue weighted by Gasteiger charge is -2.26. The predicted octanol–water partition coefficient (Wildman–Crippen LogP) is 4.05. The number of hydrogen-bond acceptors (Lipinski definition) is 7. The van der Waals surface area contributed by atoms with Crippen molar-refractivity contribution in [2.24, 2.45) is 4.99 Å². The zero-order valence-corrected chi connectivity index (χ0v) is 21.4. The topological polar surface area (TPSA) is 73.6 Å². The van der Waals surface area contributed by atoms with E-state index in [1.54, 1.807) is 35.6 Å². The minimum Gasteiger partial charge on any atom is -0.463 e. The zero-order valence-electron chi connectivity index (χ0n) is 19.8. The normalized spacial score (nSPS) is 15.4. The van der Waals surface area contributed by atoms with Crippen LogP contribution in [0.3, 0.4) is 0 Å². The molecule has 1 atom stereocenters. The van der Waals surface area contributed by atoms with E-state index in [1.807, 2.05) is 79.1 Å². The van der Waals surface area contributed by atoms with E-state index in [1.165, 1.54) is 11.3 Å². The fourth-order valence-electron chi connectivity index (χ4n) is 4.15. The lowest BCUT2D eigenvalue weighted by Crippen LogP contribution is -2.40. The molecule has 0 N–H and O–H groups in total. The van der Waals surface area contributed by atoms with Crippen molar-refractivity contribution in [3.05, 3.63) is 121 Å². The molecule has 1 aliphatic rings. The minimum atomic E-state index is -0.675. The fourth-order valence-corrected chi connectivity index (χ4v) is 5.56. The van der Waals surface area contributed by atoms with Crippen molar-refractivity contribution >= 4 is 40.8 Å². The van der Waals surface area contributed by atoms with Gasteiger partial charge in [-0.2, -0.15) is 0 Å². The lowest BCUT2D eigenvalue weighted by atomic mass is 9.93. The van der Waals surface area contributed by atoms with Crippen LogP contribution in [-0.4, -0.2) is 28.4 Å². The van der Waals surface area contributed by atoms with Gasteiger partial charge in [-0.05, 0) is 54.6 Å². The summed E-state index contributed by atoms with van der Waals surface area (Å²) >= 11 is 2.94. The van der Waals surface area contributed by atoms with Crippen LogP contribution in [0.1, 0.15) is 29.7 Å². The Labute approximate surface area is 216 Å². The van der Waals surface area contributed by atoms with E-state index < -0.39 is 12.0 Å². The first kappa shape index (κ1) is 24.0. The second-order valence-corrected chi connectivity index (χ2v) is 9.87. The molecule has 0 radical (unpaired) electrons. The van der Waals surface area contributed by atoms with Crippen LogP contribution in [0.4, 0.5) is 0 Å². The summed E-state index contributed by atoms with van der Waals surface area (Å²) in [5, 5.41) is 0. The summed E-state index contributed by atoms with van der Waals surface area (Å²) in [7, 11) is 0. The molecule has 0 amide bonds. The molecular weight excluding hydrogens is 490 g/mol. The maximum absolute atomic E-state index is 13.8. The van der Waals surface area contributed by atoms with Gasteiger partial charge in [0.15, 0.2) is 4.80 Å². The number of fused-ring (bicyclic) bond motifs is 1. The van der Waals surface area contributed by atoms with Crippen molar-refractivity contribution in [2.45, 2.75) is 17.9 Å². The van der Waals surface area contributed by atoms with E-state index in [4.69, 9.17) is 9.73 Å². The maximum Gasteiger partial charge on any atom is 0.338 e. The SMILES string of the molecule is CCOC(=O)C1=C(c2ccccc2)N=c2s/c(=C\c3ccncc3)c(=O)n2[C@H]1c1ccc(SC)cc1. The van der Waals surface area contributed by atoms with Crippen LogP contribution < -0.4 is 14.9 Å². The van der Waals surface area contributed by atoms with Crippen molar-refractivity contribution in [2.75, 3.05) is 12.9 Å². The van der Waals surface area contributed by atoms with Gasteiger partial charge in [0.25, 0.3) is 5.56 Å². The van der Waals surface area contributed by atoms with Gasteiger partial charge < -0.3 is 4.74 Å². The molecule has 2 aromatic heterocycles. The van der Waals surface area contributed by atoms with Crippen LogP contribution in [0.15, 0.2) is 99.4 Å². The number of aromatic nitrogens is 2. The van der Waals surface area contributed by atoms with Gasteiger partial charge >= 0.3 is 5.97 Å². The third kappa shape index (κ3) is 4.57. The number of pyridine rings is 1. The largest absolute Gasteiger partial charge is 0.463 e. The van der Waals surface area contributed by atoms with Crippen molar-refractivity contribution in [3.63, 3.8) is 0 Å². The Morgan fingerprint density at radius 2 is 1.81 bits per heavy atom. The van der Waals surface area contributed by atoms with Gasteiger partial charge in [0.1, 0.15) is 0 Å². The molecule has 2 aromatic carbocycles. The average Bonchev–Trinajstić information content (AvgIpc) is 3.23. The Hall–Kier alpha value is -3.75. The van der Waals surface area contributed by atoms with Crippen LogP contribution >= 0.6 is 23.1 Å². The van der Waals surface area contributed by atoms with Crippen LogP contribution in [0.5, 0.6) is 0 Å². The highest BCUT2D eigenvalue weighted by molar-refractivity contribution is 7.98. The molecule has 0 aliphatic carbocycles. The van der Waals surface area contributed by atoms with E-state index in [-0.39, 0.29) is 12.2 Å². The van der Waals surface area contributed by atoms with Gasteiger partial charge in [0.2, 0.25) is 0 Å². The molecular formula is C28H23N3O3S2. The number of nitrogens with zero attached hydrogens (tertiary/aromatic N) is 3. The number of thiazole rings is 1. The third-order valence-electron chi connectivity index (χ3n) is 5.81. The standard InChI is InChI=1S/C28H23N3O3S2/c1-3-34-27(33)23-24(19-7-5-4-6-8-19)30-28-31(25(23)20-9-11-21(35-2)12-10-20)26(32)22(36-28)17-18-13-15-29-16-14-18/h4-17,25H,3H2,1-2H3/b22-17-/t25-/m0/s1. The zero-order chi connectivity index (χ0) is 25.1. The summed E-state index contributed by atoms with van der Waals surface area (Å²) in [6.45, 7) is 1.99. The molecule has 0 bridgehead atoms. The molecule has 0 unspecified atom stereocenters. The maximum atomic E-state index is 13.8. The number of carbonyl (C=O) groups excluding carboxylic acids is 1. The Bertz CT molecular complexity index is 1610. The highest BCUT2D eigenvalue weighted by atomic mass is 32.2. The van der Waals surface area contributed by atoms with Gasteiger partial charge in [-0.15, -0.1) is 11.8 Å². The van der Waals surface area contributed by atoms with Crippen LogP contribution in [0, 0.1) is 0 Å². The van der Waals surface area contributed by atoms with E-state index in [2.05, 4.69) is 4.98 Å². The number of esters is 1. The van der Waals surface area contributed by atoms with Crippen LogP contribution in [-0.2, 0) is 9.53 Å². The Kier molecular flexibility index (Phi) is 6.97. The summed E-state index contributed by atoms with van der Waals surface area (Å²) in [6, 6.07) is 20.5. The van der Waals surface area contributed by atoms with E-state index >= 15 is 0 Å². The van der Waals surface area contributed by atoms with Crippen molar-refractivity contribution in [1.29, 1.82) is 0 Å². The van der Waals surface area contributed by atoms with E-state index in [0.29, 0.717) is 20.6 Å². The molecule has 0 spiro atoms. The summed E-state index contributed by atoms with van der Waals surface area (Å²) in [5.41, 5.74) is 3.13. The lowest BCUT2D eigenvalue weighted by molar-refractivity contribution is -0.138. The van der Waals surface area contributed by atoms with Gasteiger partial charge in [-0.1, -0.05) is 53.8 Å². The molecule has 5 rings (SSSR count). The highest BCUT2D eigenvalue weighted by Gasteiger charge is 2.35. The number of rotatable bonds is 6. The first-order chi connectivity index (χ1) is 17.6. The quantitative estimate of drug-likeness (QED) is 0.287. The first-order valence-electron chi connectivity index (χ1n) is 11.4. The van der Waals surface area contributed by atoms with Gasteiger partial charge in [0, 0.05) is 22.9 Å². The number of carbonyl (C=O) groups is 1. The number of benzene rings is 2. The molecule has 1 aliphatic heterocycles. The smallest absolute Gasteiger partial charge is 0.338 e. The number of ether oxygens (including phenoxy) is 1. The second-order valence-electron chi connectivity index (χ2n) is 7.99. The molecule has 3 heterocycles. The van der Waals surface area contributed by atoms with Crippen molar-refractivity contribution in [1.82, 2.24) is 9.55 Å². The van der Waals surface area contributed by atoms with Crippen LogP contribution in [0.2, 0.25) is 0 Å². The third-order valence-corrected chi connectivity index (χ3v) is 7.54. The predicted molar refractivity (Wildman–Crippen MR) is 144 cm³/mol. The van der Waals surface area contributed by atoms with E-state index in [0.717, 1.165) is 21.6 Å². The summed E-state index contributed by atoms with van der Waals surface area (Å²) in [4.78, 5) is 37.8. The van der Waals surface area contributed by atoms with Gasteiger partial charge in [0.05, 0.1) is 28.5 Å². The van der Waals surface area contributed by atoms with Crippen molar-refractivity contribution in [3.8, 4) is 0 Å². The Balaban J connectivity index is 1.82. The number of hydrogen-bond donors (Lipinski definition) is 0. The first-order valence-corrected chi connectivity index (χ1v) is 13.5. The Morgan fingerprint density at radius 3 is 2.47 bits per heavy atom. The monoisotopic (exact) mass is 513 g/mol. The molecule has 0 saturated heterocycles. The molecule has 4 aromatic rings. The summed E-state index contributed by atoms with van der Waals surface area (Å²) in [5.74, 6) is -0.484.